The van der Waals surface area contributed by atoms with Crippen LogP contribution in [-0.2, 0) is 19.9 Å². The molecule has 1 aliphatic carbocycles. The van der Waals surface area contributed by atoms with Gasteiger partial charge in [-0.15, -0.1) is 0 Å². The van der Waals surface area contributed by atoms with Gasteiger partial charge < -0.3 is 5.32 Å². The predicted octanol–water partition coefficient (Wildman–Crippen LogP) is 2.88. The van der Waals surface area contributed by atoms with Crippen molar-refractivity contribution < 1.29 is 14.4 Å². The maximum atomic E-state index is 13.8. The molecule has 3 heterocycles. The van der Waals surface area contributed by atoms with Crippen LogP contribution in [0, 0.1) is 11.8 Å². The van der Waals surface area contributed by atoms with Gasteiger partial charge in [0, 0.05) is 23.3 Å². The van der Waals surface area contributed by atoms with Crippen LogP contribution in [0.4, 0.5) is 5.69 Å². The zero-order valence-electron chi connectivity index (χ0n) is 17.4. The highest BCUT2D eigenvalue weighted by atomic mass is 32.2. The zero-order valence-corrected chi connectivity index (χ0v) is 18.2. The molecule has 0 radical (unpaired) electrons. The number of amides is 3. The summed E-state index contributed by atoms with van der Waals surface area (Å²) in [6.07, 6.45) is 9.01. The van der Waals surface area contributed by atoms with Crippen LogP contribution in [0.2, 0.25) is 0 Å². The molecule has 2 saturated heterocycles. The number of imide groups is 1. The lowest BCUT2D eigenvalue weighted by Gasteiger charge is -2.32. The monoisotopic (exact) mass is 427 g/mol. The highest BCUT2D eigenvalue weighted by Gasteiger charge is 2.70. The Hall–Kier alpha value is -1.86. The van der Waals surface area contributed by atoms with E-state index in [2.05, 4.69) is 10.6 Å². The first kappa shape index (κ1) is 20.1. The molecule has 3 aliphatic heterocycles. The summed E-state index contributed by atoms with van der Waals surface area (Å²) < 4.78 is 0. The minimum atomic E-state index is -1.14. The van der Waals surface area contributed by atoms with E-state index in [1.54, 1.807) is 16.7 Å². The van der Waals surface area contributed by atoms with Gasteiger partial charge in [0.2, 0.25) is 17.7 Å². The lowest BCUT2D eigenvalue weighted by atomic mass is 9.76. The van der Waals surface area contributed by atoms with Crippen molar-refractivity contribution in [2.45, 2.75) is 62.6 Å². The average molecular weight is 428 g/mol. The third-order valence-corrected chi connectivity index (χ3v) is 8.12. The number of carbonyl (C=O) groups is 3. The molecule has 0 unspecified atom stereocenters. The van der Waals surface area contributed by atoms with E-state index < -0.39 is 17.4 Å². The number of nitrogens with zero attached hydrogens (tertiary/aromatic N) is 1. The van der Waals surface area contributed by atoms with Crippen LogP contribution in [0.3, 0.4) is 0 Å². The van der Waals surface area contributed by atoms with Gasteiger partial charge in [0.1, 0.15) is 5.54 Å². The number of para-hydroxylation sites is 1. The third-order valence-electron chi connectivity index (χ3n) is 7.48. The molecule has 7 heteroatoms. The van der Waals surface area contributed by atoms with Crippen LogP contribution in [-0.4, -0.2) is 46.7 Å². The number of anilines is 1. The normalized spacial score (nSPS) is 33.7. The Morgan fingerprint density at radius 3 is 2.53 bits per heavy atom. The fraction of sp³-hybridized carbons (Fsp3) is 0.609. The molecule has 4 atom stereocenters. The van der Waals surface area contributed by atoms with Gasteiger partial charge in [-0.2, -0.15) is 11.8 Å². The molecule has 3 amide bonds. The van der Waals surface area contributed by atoms with Crippen LogP contribution in [0.1, 0.15) is 50.5 Å². The van der Waals surface area contributed by atoms with Gasteiger partial charge in [0.15, 0.2) is 0 Å². The van der Waals surface area contributed by atoms with Gasteiger partial charge in [0.05, 0.1) is 11.8 Å². The van der Waals surface area contributed by atoms with Gasteiger partial charge in [0.25, 0.3) is 0 Å². The van der Waals surface area contributed by atoms with E-state index in [9.17, 15) is 14.4 Å². The SMILES string of the molecule is CSCC[C@H]1N[C@@]2(C(=O)Nc3ccccc32)[C@@H]2C(=O)N(C3CCCCCC3)C(=O)[C@@H]21. The van der Waals surface area contributed by atoms with Crippen LogP contribution in [0.5, 0.6) is 0 Å². The fourth-order valence-electron chi connectivity index (χ4n) is 6.15. The number of likely N-dealkylation sites (tertiary alicyclic amines) is 1. The van der Waals surface area contributed by atoms with E-state index in [0.29, 0.717) is 0 Å². The van der Waals surface area contributed by atoms with Gasteiger partial charge in [-0.05, 0) is 37.3 Å². The Morgan fingerprint density at radius 2 is 1.80 bits per heavy atom. The molecular formula is C23H29N3O3S. The minimum Gasteiger partial charge on any atom is -0.324 e. The van der Waals surface area contributed by atoms with Crippen molar-refractivity contribution in [1.82, 2.24) is 10.2 Å². The summed E-state index contributed by atoms with van der Waals surface area (Å²) in [5.74, 6) is -0.666. The van der Waals surface area contributed by atoms with E-state index in [1.807, 2.05) is 30.5 Å². The predicted molar refractivity (Wildman–Crippen MR) is 117 cm³/mol. The smallest absolute Gasteiger partial charge is 0.250 e. The summed E-state index contributed by atoms with van der Waals surface area (Å²) in [7, 11) is 0. The molecule has 0 bridgehead atoms. The fourth-order valence-corrected chi connectivity index (χ4v) is 6.64. The molecule has 6 nitrogen and oxygen atoms in total. The summed E-state index contributed by atoms with van der Waals surface area (Å²) in [6.45, 7) is 0. The number of hydrogen-bond acceptors (Lipinski definition) is 5. The first-order chi connectivity index (χ1) is 14.6. The molecule has 4 aliphatic rings. The second-order valence-electron chi connectivity index (χ2n) is 9.04. The molecular weight excluding hydrogens is 398 g/mol. The Morgan fingerprint density at radius 1 is 1.07 bits per heavy atom. The molecule has 1 aromatic carbocycles. The van der Waals surface area contributed by atoms with Gasteiger partial charge in [-0.1, -0.05) is 43.9 Å². The third kappa shape index (κ3) is 2.78. The van der Waals surface area contributed by atoms with Gasteiger partial charge in [-0.3, -0.25) is 24.6 Å². The van der Waals surface area contributed by atoms with E-state index in [-0.39, 0.29) is 29.8 Å². The van der Waals surface area contributed by atoms with Crippen molar-refractivity contribution in [2.24, 2.45) is 11.8 Å². The lowest BCUT2D eigenvalue weighted by molar-refractivity contribution is -0.145. The average Bonchev–Trinajstić information content (AvgIpc) is 3.21. The molecule has 160 valence electrons. The molecule has 30 heavy (non-hydrogen) atoms. The van der Waals surface area contributed by atoms with Crippen LogP contribution >= 0.6 is 11.8 Å². The molecule has 5 rings (SSSR count). The Bertz CT molecular complexity index is 882. The number of hydrogen-bond donors (Lipinski definition) is 2. The zero-order chi connectivity index (χ0) is 20.9. The molecule has 1 spiro atoms. The number of thioether (sulfide) groups is 1. The number of rotatable bonds is 4. The van der Waals surface area contributed by atoms with Crippen molar-refractivity contribution >= 4 is 35.2 Å². The van der Waals surface area contributed by atoms with E-state index in [1.165, 1.54) is 0 Å². The topological polar surface area (TPSA) is 78.5 Å². The Kier molecular flexibility index (Phi) is 5.14. The van der Waals surface area contributed by atoms with Crippen molar-refractivity contribution in [2.75, 3.05) is 17.3 Å². The van der Waals surface area contributed by atoms with Crippen molar-refractivity contribution in [3.05, 3.63) is 29.8 Å². The maximum Gasteiger partial charge on any atom is 0.250 e. The number of nitrogens with one attached hydrogen (secondary N) is 2. The summed E-state index contributed by atoms with van der Waals surface area (Å²) in [5, 5.41) is 6.48. The quantitative estimate of drug-likeness (QED) is 0.571. The second-order valence-corrected chi connectivity index (χ2v) is 10.0. The summed E-state index contributed by atoms with van der Waals surface area (Å²) >= 11 is 1.72. The highest BCUT2D eigenvalue weighted by molar-refractivity contribution is 7.98. The standard InChI is InChI=1S/C23H29N3O3S/c1-30-13-12-17-18-19(21(28)26(20(18)27)14-8-4-2-3-5-9-14)23(25-17)15-10-6-7-11-16(15)24-22(23)29/h6-7,10-11,14,17-19,25H,2-5,8-9,12-13H2,1H3,(H,24,29)/t17-,18-,19+,23-/m1/s1. The van der Waals surface area contributed by atoms with Crippen molar-refractivity contribution in [3.8, 4) is 0 Å². The molecule has 1 saturated carbocycles. The highest BCUT2D eigenvalue weighted by Crippen LogP contribution is 2.54. The first-order valence-electron chi connectivity index (χ1n) is 11.1. The number of carbonyl (C=O) groups excluding carboxylic acids is 3. The van der Waals surface area contributed by atoms with Crippen molar-refractivity contribution in [1.29, 1.82) is 0 Å². The number of benzene rings is 1. The van der Waals surface area contributed by atoms with Crippen LogP contribution in [0.25, 0.3) is 0 Å². The van der Waals surface area contributed by atoms with E-state index >= 15 is 0 Å². The first-order valence-corrected chi connectivity index (χ1v) is 12.5. The summed E-state index contributed by atoms with van der Waals surface area (Å²) in [6, 6.07) is 7.38. The van der Waals surface area contributed by atoms with E-state index in [4.69, 9.17) is 0 Å². The molecule has 2 N–H and O–H groups in total. The van der Waals surface area contributed by atoms with Crippen molar-refractivity contribution in [3.63, 3.8) is 0 Å². The summed E-state index contributed by atoms with van der Waals surface area (Å²) in [5.41, 5.74) is 0.407. The molecule has 0 aromatic heterocycles. The minimum absolute atomic E-state index is 0.0175. The molecule has 1 aromatic rings. The Labute approximate surface area is 181 Å². The van der Waals surface area contributed by atoms with Crippen LogP contribution in [0.15, 0.2) is 24.3 Å². The number of fused-ring (bicyclic) bond motifs is 4. The second kappa shape index (κ2) is 7.68. The molecule has 3 fully saturated rings. The maximum absolute atomic E-state index is 13.8. The largest absolute Gasteiger partial charge is 0.324 e. The Balaban J connectivity index is 1.58. The van der Waals surface area contributed by atoms with E-state index in [0.717, 1.165) is 61.9 Å². The lowest BCUT2D eigenvalue weighted by Crippen LogP contribution is -2.54. The van der Waals surface area contributed by atoms with Gasteiger partial charge in [-0.25, -0.2) is 0 Å². The summed E-state index contributed by atoms with van der Waals surface area (Å²) in [4.78, 5) is 42.4. The van der Waals surface area contributed by atoms with Crippen LogP contribution < -0.4 is 10.6 Å². The van der Waals surface area contributed by atoms with Gasteiger partial charge >= 0.3 is 0 Å².